The highest BCUT2D eigenvalue weighted by atomic mass is 16.5. The van der Waals surface area contributed by atoms with Crippen molar-refractivity contribution < 1.29 is 9.15 Å². The normalized spacial score (nSPS) is 20.6. The van der Waals surface area contributed by atoms with Crippen LogP contribution in [0.2, 0.25) is 0 Å². The highest BCUT2D eigenvalue weighted by Gasteiger charge is 2.26. The third kappa shape index (κ3) is 3.02. The number of benzene rings is 1. The zero-order valence-corrected chi connectivity index (χ0v) is 12.0. The molecule has 20 heavy (non-hydrogen) atoms. The minimum atomic E-state index is 0.394. The molecule has 1 aliphatic heterocycles. The Hall–Kier alpha value is -1.39. The van der Waals surface area contributed by atoms with Gasteiger partial charge in [0.1, 0.15) is 5.52 Å². The van der Waals surface area contributed by atoms with Gasteiger partial charge in [0.2, 0.25) is 0 Å². The summed E-state index contributed by atoms with van der Waals surface area (Å²) in [6.45, 7) is 4.94. The van der Waals surface area contributed by atoms with Crippen molar-refractivity contribution in [3.05, 3.63) is 30.2 Å². The fraction of sp³-hybridized carbons (Fsp3) is 0.562. The van der Waals surface area contributed by atoms with Crippen molar-refractivity contribution in [1.82, 2.24) is 10.3 Å². The predicted molar refractivity (Wildman–Crippen MR) is 78.7 cm³/mol. The summed E-state index contributed by atoms with van der Waals surface area (Å²) in [5.74, 6) is 1.39. The smallest absolute Gasteiger partial charge is 0.197 e. The molecule has 1 aliphatic rings. The van der Waals surface area contributed by atoms with Gasteiger partial charge in [0.15, 0.2) is 11.5 Å². The van der Waals surface area contributed by atoms with E-state index in [1.807, 2.05) is 24.3 Å². The van der Waals surface area contributed by atoms with Crippen LogP contribution < -0.4 is 5.32 Å². The third-order valence-electron chi connectivity index (χ3n) is 3.92. The number of nitrogens with zero attached hydrogens (tertiary/aromatic N) is 1. The highest BCUT2D eigenvalue weighted by molar-refractivity contribution is 5.72. The molecule has 2 aromatic rings. The van der Waals surface area contributed by atoms with Gasteiger partial charge in [0, 0.05) is 25.0 Å². The Kier molecular flexibility index (Phi) is 4.33. The largest absolute Gasteiger partial charge is 0.441 e. The molecular formula is C16H22N2O2. The minimum absolute atomic E-state index is 0.394. The van der Waals surface area contributed by atoms with Crippen LogP contribution in [0.25, 0.3) is 11.1 Å². The Bertz CT molecular complexity index is 513. The van der Waals surface area contributed by atoms with Crippen LogP contribution in [-0.4, -0.2) is 30.8 Å². The fourth-order valence-electron chi connectivity index (χ4n) is 2.80. The number of fused-ring (bicyclic) bond motifs is 1. The van der Waals surface area contributed by atoms with Gasteiger partial charge >= 0.3 is 0 Å². The van der Waals surface area contributed by atoms with Crippen LogP contribution in [-0.2, 0) is 11.2 Å². The van der Waals surface area contributed by atoms with E-state index in [1.165, 1.54) is 0 Å². The fourth-order valence-corrected chi connectivity index (χ4v) is 2.80. The number of para-hydroxylation sites is 2. The number of hydrogen-bond acceptors (Lipinski definition) is 4. The molecule has 4 heteroatoms. The van der Waals surface area contributed by atoms with E-state index in [1.54, 1.807) is 0 Å². The second kappa shape index (κ2) is 6.37. The summed E-state index contributed by atoms with van der Waals surface area (Å²) in [4.78, 5) is 4.58. The molecule has 1 fully saturated rings. The topological polar surface area (TPSA) is 47.3 Å². The summed E-state index contributed by atoms with van der Waals surface area (Å²) in [5.41, 5.74) is 1.82. The first-order valence-electron chi connectivity index (χ1n) is 7.52. The highest BCUT2D eigenvalue weighted by Crippen LogP contribution is 2.22. The monoisotopic (exact) mass is 274 g/mol. The zero-order chi connectivity index (χ0) is 13.8. The van der Waals surface area contributed by atoms with Gasteiger partial charge in [0.25, 0.3) is 0 Å². The third-order valence-corrected chi connectivity index (χ3v) is 3.92. The van der Waals surface area contributed by atoms with Crippen molar-refractivity contribution in [2.24, 2.45) is 5.92 Å². The van der Waals surface area contributed by atoms with Crippen molar-refractivity contribution >= 4 is 11.1 Å². The lowest BCUT2D eigenvalue weighted by Crippen LogP contribution is -2.39. The Morgan fingerprint density at radius 3 is 3.05 bits per heavy atom. The SMILES string of the molecule is CCCNC(Cc1nc2ccccc2o1)C1CCOC1. The lowest BCUT2D eigenvalue weighted by atomic mass is 9.96. The molecular weight excluding hydrogens is 252 g/mol. The Balaban J connectivity index is 1.73. The number of aromatic nitrogens is 1. The molecule has 0 spiro atoms. The van der Waals surface area contributed by atoms with Gasteiger partial charge in [-0.3, -0.25) is 0 Å². The van der Waals surface area contributed by atoms with Crippen LogP contribution in [0.4, 0.5) is 0 Å². The molecule has 2 atom stereocenters. The van der Waals surface area contributed by atoms with Gasteiger partial charge in [-0.15, -0.1) is 0 Å². The summed E-state index contributed by atoms with van der Waals surface area (Å²) in [6, 6.07) is 8.33. The van der Waals surface area contributed by atoms with Gasteiger partial charge < -0.3 is 14.5 Å². The number of ether oxygens (including phenoxy) is 1. The molecule has 1 saturated heterocycles. The first-order chi connectivity index (χ1) is 9.86. The first kappa shape index (κ1) is 13.6. The summed E-state index contributed by atoms with van der Waals surface area (Å²) in [5, 5.41) is 3.62. The van der Waals surface area contributed by atoms with Gasteiger partial charge in [-0.2, -0.15) is 0 Å². The van der Waals surface area contributed by atoms with Crippen LogP contribution in [0.1, 0.15) is 25.7 Å². The van der Waals surface area contributed by atoms with Gasteiger partial charge in [-0.1, -0.05) is 19.1 Å². The summed E-state index contributed by atoms with van der Waals surface area (Å²) in [6.07, 6.45) is 3.10. The average molecular weight is 274 g/mol. The van der Waals surface area contributed by atoms with Crippen molar-refractivity contribution in [2.75, 3.05) is 19.8 Å². The van der Waals surface area contributed by atoms with E-state index >= 15 is 0 Å². The molecule has 1 aromatic heterocycles. The summed E-state index contributed by atoms with van der Waals surface area (Å²) >= 11 is 0. The van der Waals surface area contributed by atoms with E-state index in [9.17, 15) is 0 Å². The van der Waals surface area contributed by atoms with Crippen molar-refractivity contribution in [3.63, 3.8) is 0 Å². The van der Waals surface area contributed by atoms with Crippen molar-refractivity contribution in [2.45, 2.75) is 32.2 Å². The maximum atomic E-state index is 5.85. The van der Waals surface area contributed by atoms with E-state index in [4.69, 9.17) is 9.15 Å². The second-order valence-corrected chi connectivity index (χ2v) is 5.46. The van der Waals surface area contributed by atoms with E-state index < -0.39 is 0 Å². The van der Waals surface area contributed by atoms with Gasteiger partial charge in [-0.05, 0) is 31.5 Å². The number of hydrogen-bond donors (Lipinski definition) is 1. The van der Waals surface area contributed by atoms with Gasteiger partial charge in [0.05, 0.1) is 6.61 Å². The predicted octanol–water partition coefficient (Wildman–Crippen LogP) is 2.78. The van der Waals surface area contributed by atoms with E-state index in [0.29, 0.717) is 12.0 Å². The summed E-state index contributed by atoms with van der Waals surface area (Å²) in [7, 11) is 0. The molecule has 0 aliphatic carbocycles. The molecule has 0 bridgehead atoms. The van der Waals surface area contributed by atoms with E-state index in [-0.39, 0.29) is 0 Å². The molecule has 1 aromatic carbocycles. The Morgan fingerprint density at radius 1 is 1.40 bits per heavy atom. The maximum absolute atomic E-state index is 5.85. The molecule has 0 saturated carbocycles. The quantitative estimate of drug-likeness (QED) is 0.880. The molecule has 2 unspecified atom stereocenters. The standard InChI is InChI=1S/C16H22N2O2/c1-2-8-17-14(12-7-9-19-11-12)10-16-18-13-5-3-4-6-15(13)20-16/h3-6,12,14,17H,2,7-11H2,1H3. The minimum Gasteiger partial charge on any atom is -0.441 e. The first-order valence-corrected chi connectivity index (χ1v) is 7.52. The van der Waals surface area contributed by atoms with E-state index in [2.05, 4.69) is 17.2 Å². The summed E-state index contributed by atoms with van der Waals surface area (Å²) < 4.78 is 11.4. The van der Waals surface area contributed by atoms with Crippen LogP contribution >= 0.6 is 0 Å². The van der Waals surface area contributed by atoms with Crippen LogP contribution in [0.5, 0.6) is 0 Å². The average Bonchev–Trinajstić information content (AvgIpc) is 3.11. The molecule has 0 amide bonds. The number of rotatable bonds is 6. The number of nitrogens with one attached hydrogen (secondary N) is 1. The second-order valence-electron chi connectivity index (χ2n) is 5.46. The molecule has 0 radical (unpaired) electrons. The maximum Gasteiger partial charge on any atom is 0.197 e. The van der Waals surface area contributed by atoms with Crippen molar-refractivity contribution in [1.29, 1.82) is 0 Å². The molecule has 2 heterocycles. The Morgan fingerprint density at radius 2 is 2.30 bits per heavy atom. The Labute approximate surface area is 119 Å². The molecule has 1 N–H and O–H groups in total. The van der Waals surface area contributed by atoms with Crippen LogP contribution in [0.15, 0.2) is 28.7 Å². The number of oxazole rings is 1. The molecule has 108 valence electrons. The van der Waals surface area contributed by atoms with Crippen LogP contribution in [0.3, 0.4) is 0 Å². The van der Waals surface area contributed by atoms with E-state index in [0.717, 1.165) is 56.0 Å². The lowest BCUT2D eigenvalue weighted by molar-refractivity contribution is 0.175. The van der Waals surface area contributed by atoms with Crippen molar-refractivity contribution in [3.8, 4) is 0 Å². The van der Waals surface area contributed by atoms with Crippen LogP contribution in [0, 0.1) is 5.92 Å². The molecule has 4 nitrogen and oxygen atoms in total. The lowest BCUT2D eigenvalue weighted by Gasteiger charge is -2.22. The molecule has 3 rings (SSSR count). The zero-order valence-electron chi connectivity index (χ0n) is 12.0. The van der Waals surface area contributed by atoms with Gasteiger partial charge in [-0.25, -0.2) is 4.98 Å².